The quantitative estimate of drug-likeness (QED) is 0.0958. The molecule has 0 radical (unpaired) electrons. The van der Waals surface area contributed by atoms with Crippen molar-refractivity contribution in [2.75, 3.05) is 33.2 Å². The number of aromatic nitrogens is 1. The topological polar surface area (TPSA) is 185 Å². The zero-order chi connectivity index (χ0) is 40.3. The summed E-state index contributed by atoms with van der Waals surface area (Å²) in [4.78, 5) is 49.1. The van der Waals surface area contributed by atoms with Gasteiger partial charge in [0.1, 0.15) is 12.1 Å². The molecule has 298 valence electrons. The van der Waals surface area contributed by atoms with Gasteiger partial charge in [0.25, 0.3) is 0 Å². The van der Waals surface area contributed by atoms with Gasteiger partial charge in [0.2, 0.25) is 17.7 Å². The summed E-state index contributed by atoms with van der Waals surface area (Å²) in [6.45, 7) is 1.71. The zero-order valence-electron chi connectivity index (χ0n) is 32.1. The Balaban J connectivity index is 1.46. The molecule has 0 bridgehead atoms. The smallest absolute Gasteiger partial charge is 0.245 e. The fraction of sp³-hybridized carbons (Fsp3) is 0.349. The molecule has 1 aromatic heterocycles. The fourth-order valence-corrected chi connectivity index (χ4v) is 8.68. The zero-order valence-corrected chi connectivity index (χ0v) is 33.7. The van der Waals surface area contributed by atoms with E-state index in [4.69, 9.17) is 23.2 Å². The Morgan fingerprint density at radius 2 is 1.63 bits per heavy atom. The number of fused-ring (bicyclic) bond motifs is 2. The minimum atomic E-state index is -0.942. The number of aromatic amines is 1. The first kappa shape index (κ1) is 41.5. The Hall–Kier alpha value is -5.10. The summed E-state index contributed by atoms with van der Waals surface area (Å²) >= 11 is 8.50. The standard InChI is InChI=1S/C43H50ClN9O3S/c1-52-38(23-31-26-48-35-11-4-3-10-33(31)35)41(55)50-27-34-32(29-17-15-28(24-47)16-18-29)19-22-53(44)43(34)57-39-14-5-2-9-30(39)25-49-36(13-8-21-46)40(54)51-37(42(52)56)12-6-7-20-45/h2-5,9-11,14-19,26,36-38,48-49H,6-8,12-13,20-23,25,27,45-46H2,1H3,(H,50,55)(H,51,54)/t36-,37-,38-/m0/s1. The maximum Gasteiger partial charge on any atom is 0.245 e. The molecule has 2 aliphatic heterocycles. The number of para-hydroxylation sites is 1. The molecule has 0 spiro atoms. The Morgan fingerprint density at radius 1 is 0.895 bits per heavy atom. The van der Waals surface area contributed by atoms with E-state index in [1.54, 1.807) is 23.6 Å². The van der Waals surface area contributed by atoms with Crippen LogP contribution in [0, 0.1) is 11.3 Å². The van der Waals surface area contributed by atoms with Crippen LogP contribution < -0.4 is 27.4 Å². The van der Waals surface area contributed by atoms with Crippen LogP contribution in [0.3, 0.4) is 0 Å². The van der Waals surface area contributed by atoms with Crippen LogP contribution in [-0.4, -0.2) is 83.4 Å². The van der Waals surface area contributed by atoms with Crippen LogP contribution in [0.4, 0.5) is 0 Å². The third-order valence-electron chi connectivity index (χ3n) is 10.5. The predicted octanol–water partition coefficient (Wildman–Crippen LogP) is 4.91. The minimum Gasteiger partial charge on any atom is -0.361 e. The van der Waals surface area contributed by atoms with Crippen molar-refractivity contribution >= 4 is 57.7 Å². The Kier molecular flexibility index (Phi) is 14.5. The van der Waals surface area contributed by atoms with E-state index in [1.807, 2.05) is 72.9 Å². The third kappa shape index (κ3) is 10.1. The molecule has 0 saturated carbocycles. The largest absolute Gasteiger partial charge is 0.361 e. The van der Waals surface area contributed by atoms with Gasteiger partial charge in [0.05, 0.1) is 29.2 Å². The van der Waals surface area contributed by atoms with E-state index in [0.29, 0.717) is 63.8 Å². The van der Waals surface area contributed by atoms with Gasteiger partial charge >= 0.3 is 0 Å². The molecule has 8 N–H and O–H groups in total. The highest BCUT2D eigenvalue weighted by Gasteiger charge is 2.35. The number of nitrogens with one attached hydrogen (secondary N) is 4. The number of rotatable bonds is 10. The van der Waals surface area contributed by atoms with Gasteiger partial charge in [-0.25, -0.2) is 0 Å². The van der Waals surface area contributed by atoms with E-state index in [0.717, 1.165) is 48.7 Å². The van der Waals surface area contributed by atoms with Gasteiger partial charge in [0, 0.05) is 65.9 Å². The van der Waals surface area contributed by atoms with Crippen molar-refractivity contribution in [3.05, 3.63) is 118 Å². The lowest BCUT2D eigenvalue weighted by Gasteiger charge is -2.32. The monoisotopic (exact) mass is 807 g/mol. The van der Waals surface area contributed by atoms with Gasteiger partial charge in [-0.3, -0.25) is 18.8 Å². The molecule has 2 aliphatic rings. The average Bonchev–Trinajstić information content (AvgIpc) is 3.64. The number of benzene rings is 3. The van der Waals surface area contributed by atoms with Crippen LogP contribution in [0.5, 0.6) is 0 Å². The number of hydrogen-bond acceptors (Lipinski definition) is 9. The van der Waals surface area contributed by atoms with Crippen molar-refractivity contribution in [3.8, 4) is 6.07 Å². The van der Waals surface area contributed by atoms with Crippen LogP contribution in [-0.2, 0) is 27.3 Å². The Labute approximate surface area is 343 Å². The molecule has 3 amide bonds. The molecule has 4 aromatic rings. The number of carbonyl (C=O) groups excluding carboxylic acids is 3. The summed E-state index contributed by atoms with van der Waals surface area (Å²) < 4.78 is 1.64. The number of nitrogens with two attached hydrogens (primary N) is 2. The van der Waals surface area contributed by atoms with E-state index < -0.39 is 18.1 Å². The van der Waals surface area contributed by atoms with Crippen LogP contribution in [0.2, 0.25) is 0 Å². The van der Waals surface area contributed by atoms with Crippen molar-refractivity contribution in [2.45, 2.75) is 68.1 Å². The van der Waals surface area contributed by atoms with Gasteiger partial charge in [-0.2, -0.15) is 5.26 Å². The van der Waals surface area contributed by atoms with Crippen molar-refractivity contribution in [1.82, 2.24) is 30.3 Å². The van der Waals surface area contributed by atoms with Crippen LogP contribution in [0.1, 0.15) is 54.4 Å². The van der Waals surface area contributed by atoms with Gasteiger partial charge in [-0.05, 0) is 91.7 Å². The van der Waals surface area contributed by atoms with Crippen molar-refractivity contribution < 1.29 is 14.4 Å². The summed E-state index contributed by atoms with van der Waals surface area (Å²) in [6, 6.07) is 22.8. The third-order valence-corrected chi connectivity index (χ3v) is 12.2. The second-order valence-corrected chi connectivity index (χ2v) is 15.7. The molecule has 12 nitrogen and oxygen atoms in total. The van der Waals surface area contributed by atoms with E-state index in [9.17, 15) is 19.6 Å². The Morgan fingerprint density at radius 3 is 2.40 bits per heavy atom. The molecule has 0 unspecified atom stereocenters. The molecular weight excluding hydrogens is 758 g/mol. The van der Waals surface area contributed by atoms with E-state index in [2.05, 4.69) is 27.0 Å². The van der Waals surface area contributed by atoms with Crippen molar-refractivity contribution in [2.24, 2.45) is 11.5 Å². The number of halogens is 1. The number of nitrogens with zero attached hydrogens (tertiary/aromatic N) is 3. The van der Waals surface area contributed by atoms with Gasteiger partial charge < -0.3 is 37.3 Å². The van der Waals surface area contributed by atoms with Gasteiger partial charge in [-0.15, -0.1) is 0 Å². The number of amides is 3. The van der Waals surface area contributed by atoms with Gasteiger partial charge in [0.15, 0.2) is 0 Å². The average molecular weight is 808 g/mol. The molecule has 3 atom stereocenters. The summed E-state index contributed by atoms with van der Waals surface area (Å²) in [7, 11) is 1.63. The number of hydrogen-bond donors (Lipinski definition) is 6. The summed E-state index contributed by atoms with van der Waals surface area (Å²) in [6.07, 6.45) is 6.82. The molecule has 3 aromatic carbocycles. The summed E-state index contributed by atoms with van der Waals surface area (Å²) in [5, 5.41) is 20.9. The van der Waals surface area contributed by atoms with Gasteiger partial charge in [-0.1, -0.05) is 66.4 Å². The van der Waals surface area contributed by atoms with E-state index in [-0.39, 0.29) is 30.7 Å². The van der Waals surface area contributed by atoms with Crippen molar-refractivity contribution in [3.63, 3.8) is 0 Å². The van der Waals surface area contributed by atoms with Crippen LogP contribution >= 0.6 is 23.5 Å². The fourth-order valence-electron chi connectivity index (χ4n) is 7.30. The molecule has 3 heterocycles. The summed E-state index contributed by atoms with van der Waals surface area (Å²) in [5.74, 6) is -1.04. The number of thioether (sulfide) groups is 1. The normalized spacial score (nSPS) is 19.9. The number of carbonyl (C=O) groups is 3. The molecule has 0 aliphatic carbocycles. The van der Waals surface area contributed by atoms with Crippen LogP contribution in [0.15, 0.2) is 101 Å². The number of nitriles is 1. The van der Waals surface area contributed by atoms with E-state index >= 15 is 0 Å². The van der Waals surface area contributed by atoms with Crippen molar-refractivity contribution in [1.29, 1.82) is 5.26 Å². The molecule has 6 rings (SSSR count). The number of H-pyrrole nitrogens is 1. The molecule has 0 saturated heterocycles. The highest BCUT2D eigenvalue weighted by Crippen LogP contribution is 2.41. The SMILES string of the molecule is CN1C(=O)[C@H](CCCCN)NC(=O)[C@H](CCCN)NCc2ccccc2SC2=C(CNC(=O)[C@@H]1Cc1c[nH]c3ccccc13)C(c1ccc(C#N)cc1)=CCN2Cl. The summed E-state index contributed by atoms with van der Waals surface area (Å²) in [5.41, 5.74) is 17.6. The van der Waals surface area contributed by atoms with E-state index in [1.165, 1.54) is 16.7 Å². The molecular formula is C43H50ClN9O3S. The lowest BCUT2D eigenvalue weighted by atomic mass is 9.95. The van der Waals surface area contributed by atoms with Crippen LogP contribution in [0.25, 0.3) is 16.5 Å². The second kappa shape index (κ2) is 19.9. The number of likely N-dealkylation sites (N-methyl/N-ethyl adjacent to an activating group) is 1. The maximum atomic E-state index is 14.7. The maximum absolute atomic E-state index is 14.7. The number of unbranched alkanes of at least 4 members (excludes halogenated alkanes) is 1. The first-order chi connectivity index (χ1) is 27.7. The highest BCUT2D eigenvalue weighted by atomic mass is 35.5. The molecule has 14 heteroatoms. The second-order valence-electron chi connectivity index (χ2n) is 14.3. The Bertz CT molecular complexity index is 2160. The lowest BCUT2D eigenvalue weighted by molar-refractivity contribution is -0.142. The minimum absolute atomic E-state index is 0.0981. The first-order valence-corrected chi connectivity index (χ1v) is 20.5. The first-order valence-electron chi connectivity index (χ1n) is 19.4. The molecule has 57 heavy (non-hydrogen) atoms. The molecule has 0 fully saturated rings. The highest BCUT2D eigenvalue weighted by molar-refractivity contribution is 8.03. The lowest BCUT2D eigenvalue weighted by Crippen LogP contribution is -2.57. The predicted molar refractivity (Wildman–Crippen MR) is 226 cm³/mol.